The monoisotopic (exact) mass is 632 g/mol. The second-order valence-electron chi connectivity index (χ2n) is 11.5. The van der Waals surface area contributed by atoms with Crippen LogP contribution in [0.25, 0.3) is 11.3 Å². The number of nitrogens with one attached hydrogen (secondary N) is 2. The predicted molar refractivity (Wildman–Crippen MR) is 156 cm³/mol. The van der Waals surface area contributed by atoms with Crippen LogP contribution in [0.4, 0.5) is 29.1 Å². The van der Waals surface area contributed by atoms with Crippen molar-refractivity contribution in [1.29, 1.82) is 0 Å². The molecule has 0 aliphatic carbocycles. The van der Waals surface area contributed by atoms with Gasteiger partial charge in [-0.1, -0.05) is 11.6 Å². The molecule has 232 valence electrons. The first kappa shape index (κ1) is 28.7. The Morgan fingerprint density at radius 1 is 1.30 bits per heavy atom. The molecule has 2 fully saturated rings. The molecule has 7 rings (SSSR count). The number of anilines is 2. The number of aliphatic imine (C=N–C) groups is 1. The van der Waals surface area contributed by atoms with Crippen LogP contribution in [0.2, 0.25) is 5.02 Å². The molecule has 4 aliphatic heterocycles. The van der Waals surface area contributed by atoms with Crippen molar-refractivity contribution >= 4 is 28.9 Å². The summed E-state index contributed by atoms with van der Waals surface area (Å²) in [6.07, 6.45) is -0.324. The Bertz CT molecular complexity index is 1680. The summed E-state index contributed by atoms with van der Waals surface area (Å²) in [5.74, 6) is 0.621. The van der Waals surface area contributed by atoms with Crippen LogP contribution in [0.15, 0.2) is 41.5 Å². The second kappa shape index (κ2) is 10.5. The topological polar surface area (TPSA) is 117 Å². The minimum Gasteiger partial charge on any atom is -0.462 e. The van der Waals surface area contributed by atoms with Gasteiger partial charge in [-0.3, -0.25) is 10.00 Å². The number of benzene rings is 1. The van der Waals surface area contributed by atoms with E-state index in [-0.39, 0.29) is 46.9 Å². The molecule has 0 amide bonds. The number of nitrogens with two attached hydrogens (primary N) is 1. The molecule has 0 unspecified atom stereocenters. The maximum atomic E-state index is 14.5. The molecule has 0 radical (unpaired) electrons. The van der Waals surface area contributed by atoms with Gasteiger partial charge in [0.2, 0.25) is 0 Å². The highest BCUT2D eigenvalue weighted by Gasteiger charge is 2.49. The maximum absolute atomic E-state index is 14.5. The van der Waals surface area contributed by atoms with Gasteiger partial charge in [0.25, 0.3) is 0 Å². The Kier molecular flexibility index (Phi) is 6.88. The number of ether oxygens (including phenoxy) is 2. The van der Waals surface area contributed by atoms with Crippen molar-refractivity contribution in [2.24, 2.45) is 4.99 Å². The molecule has 3 aromatic rings. The number of hydrogen-bond donors (Lipinski definition) is 3. The lowest BCUT2D eigenvalue weighted by Gasteiger charge is -2.31. The number of fused-ring (bicyclic) bond motifs is 1. The number of halogens is 5. The quantitative estimate of drug-likeness (QED) is 0.307. The second-order valence-corrected chi connectivity index (χ2v) is 11.9. The van der Waals surface area contributed by atoms with E-state index >= 15 is 0 Å². The number of aryl methyl sites for hydroxylation is 1. The van der Waals surface area contributed by atoms with Gasteiger partial charge in [0.1, 0.15) is 36.9 Å². The van der Waals surface area contributed by atoms with Crippen LogP contribution in [0.5, 0.6) is 5.75 Å². The number of aromatic nitrogens is 3. The van der Waals surface area contributed by atoms with Crippen LogP contribution < -0.4 is 15.8 Å². The molecule has 4 aliphatic rings. The van der Waals surface area contributed by atoms with E-state index in [4.69, 9.17) is 26.8 Å². The van der Waals surface area contributed by atoms with Gasteiger partial charge in [0.05, 0.1) is 51.5 Å². The highest BCUT2D eigenvalue weighted by Crippen LogP contribution is 2.48. The van der Waals surface area contributed by atoms with Crippen molar-refractivity contribution < 1.29 is 27.0 Å². The van der Waals surface area contributed by atoms with Gasteiger partial charge in [-0.2, -0.15) is 18.3 Å². The average Bonchev–Trinajstić information content (AvgIpc) is 3.65. The van der Waals surface area contributed by atoms with Gasteiger partial charge in [0, 0.05) is 24.7 Å². The fourth-order valence-electron chi connectivity index (χ4n) is 6.75. The predicted octanol–water partition coefficient (Wildman–Crippen LogP) is 5.45. The third-order valence-electron chi connectivity index (χ3n) is 8.60. The summed E-state index contributed by atoms with van der Waals surface area (Å²) in [6.45, 7) is 3.05. The van der Waals surface area contributed by atoms with E-state index in [1.165, 1.54) is 19.1 Å². The van der Waals surface area contributed by atoms with Crippen LogP contribution in [-0.4, -0.2) is 68.9 Å². The van der Waals surface area contributed by atoms with Crippen molar-refractivity contribution in [3.05, 3.63) is 63.9 Å². The van der Waals surface area contributed by atoms with Crippen molar-refractivity contribution in [2.45, 2.75) is 50.6 Å². The van der Waals surface area contributed by atoms with E-state index in [1.54, 1.807) is 23.4 Å². The summed E-state index contributed by atoms with van der Waals surface area (Å²) < 4.78 is 70.1. The highest BCUT2D eigenvalue weighted by molar-refractivity contribution is 6.37. The van der Waals surface area contributed by atoms with Gasteiger partial charge in [-0.15, -0.1) is 0 Å². The molecule has 44 heavy (non-hydrogen) atoms. The molecule has 4 N–H and O–H groups in total. The van der Waals surface area contributed by atoms with Crippen LogP contribution >= 0.6 is 11.6 Å². The molecular formula is C29H29ClF4N8O2. The number of nitrogens with zero attached hydrogens (tertiary/aromatic N) is 5. The van der Waals surface area contributed by atoms with E-state index in [1.807, 2.05) is 0 Å². The molecule has 1 aromatic carbocycles. The highest BCUT2D eigenvalue weighted by atomic mass is 35.5. The number of nitrogen functional groups attached to an aromatic ring is 1. The number of hydrogen-bond acceptors (Lipinski definition) is 9. The molecule has 2 aromatic heterocycles. The van der Waals surface area contributed by atoms with Gasteiger partial charge in [-0.25, -0.2) is 14.4 Å². The standard InChI is InChI=1S/C29H29ClF4N8O2/c1-15-7-20(35)39-25(23(15)29(32,33)34)18-8-19-22-26(24(18)30)36-14-37-27(22)41(11-17-3-5-38-40-17)12-21(44-19)43-13-28-4-2-6-42(28)10-16(31)9-28/h3,5,7-8,12,16,36H,2,4,6,9-11,13-14H2,1H3,(H2,35,39)(H,38,40)/t16-,28+/m1/s1. The summed E-state index contributed by atoms with van der Waals surface area (Å²) in [5.41, 5.74) is 5.53. The Hall–Kier alpha value is -4.04. The van der Waals surface area contributed by atoms with Gasteiger partial charge >= 0.3 is 12.1 Å². The summed E-state index contributed by atoms with van der Waals surface area (Å²) in [4.78, 5) is 12.7. The Balaban J connectivity index is 1.35. The SMILES string of the molecule is Cc1cc(N)nc(-c2cc3c4c(c2Cl)NCN=C4N(Cc2ccn[nH]2)C=C(OC[C@@]24CCCN2C[C@H](F)C4)O3)c1C(F)(F)F. The lowest BCUT2D eigenvalue weighted by molar-refractivity contribution is -0.137. The van der Waals surface area contributed by atoms with E-state index in [2.05, 4.69) is 30.4 Å². The fraction of sp³-hybridized carbons (Fsp3) is 0.414. The first-order valence-electron chi connectivity index (χ1n) is 14.2. The first-order chi connectivity index (χ1) is 21.0. The number of aromatic amines is 1. The Labute approximate surface area is 254 Å². The summed E-state index contributed by atoms with van der Waals surface area (Å²) in [5, 5.41) is 10.1. The minimum atomic E-state index is -4.73. The Morgan fingerprint density at radius 3 is 2.91 bits per heavy atom. The maximum Gasteiger partial charge on any atom is 0.418 e. The normalized spacial score (nSPS) is 22.9. The van der Waals surface area contributed by atoms with E-state index in [0.717, 1.165) is 25.1 Å². The van der Waals surface area contributed by atoms with E-state index < -0.39 is 29.1 Å². The third-order valence-corrected chi connectivity index (χ3v) is 8.99. The molecule has 2 saturated heterocycles. The number of rotatable bonds is 6. The van der Waals surface area contributed by atoms with E-state index in [0.29, 0.717) is 36.6 Å². The number of amidine groups is 1. The van der Waals surface area contributed by atoms with Crippen LogP contribution in [0, 0.1) is 6.92 Å². The molecule has 0 bridgehead atoms. The molecule has 2 atom stereocenters. The number of H-pyrrole nitrogens is 1. The lowest BCUT2D eigenvalue weighted by atomic mass is 9.95. The number of pyridine rings is 1. The minimum absolute atomic E-state index is 0.00837. The van der Waals surface area contributed by atoms with Crippen molar-refractivity contribution in [2.75, 3.05) is 37.4 Å². The van der Waals surface area contributed by atoms with Crippen molar-refractivity contribution in [3.8, 4) is 17.0 Å². The Morgan fingerprint density at radius 2 is 2.14 bits per heavy atom. The third kappa shape index (κ3) is 4.89. The summed E-state index contributed by atoms with van der Waals surface area (Å²) in [6, 6.07) is 4.39. The zero-order valence-electron chi connectivity index (χ0n) is 23.6. The summed E-state index contributed by atoms with van der Waals surface area (Å²) >= 11 is 6.86. The fourth-order valence-corrected chi connectivity index (χ4v) is 7.06. The molecule has 15 heteroatoms. The molecule has 0 saturated carbocycles. The summed E-state index contributed by atoms with van der Waals surface area (Å²) in [7, 11) is 0. The van der Waals surface area contributed by atoms with Crippen LogP contribution in [-0.2, 0) is 17.5 Å². The van der Waals surface area contributed by atoms with Crippen LogP contribution in [0.1, 0.15) is 41.6 Å². The smallest absolute Gasteiger partial charge is 0.418 e. The zero-order valence-corrected chi connectivity index (χ0v) is 24.4. The molecule has 6 heterocycles. The first-order valence-corrected chi connectivity index (χ1v) is 14.6. The van der Waals surface area contributed by atoms with E-state index in [9.17, 15) is 17.6 Å². The lowest BCUT2D eigenvalue weighted by Crippen LogP contribution is -2.42. The number of alkyl halides is 4. The van der Waals surface area contributed by atoms with Crippen molar-refractivity contribution in [1.82, 2.24) is 25.0 Å². The van der Waals surface area contributed by atoms with Gasteiger partial charge in [-0.05, 0) is 50.1 Å². The van der Waals surface area contributed by atoms with Gasteiger partial charge < -0.3 is 25.4 Å². The molecule has 10 nitrogen and oxygen atoms in total. The molecular weight excluding hydrogens is 604 g/mol. The molecule has 0 spiro atoms. The average molecular weight is 633 g/mol. The van der Waals surface area contributed by atoms with Crippen molar-refractivity contribution in [3.63, 3.8) is 0 Å². The largest absolute Gasteiger partial charge is 0.462 e. The zero-order chi connectivity index (χ0) is 30.8. The van der Waals surface area contributed by atoms with Gasteiger partial charge in [0.15, 0.2) is 0 Å². The van der Waals surface area contributed by atoms with Crippen LogP contribution in [0.3, 0.4) is 0 Å².